The Bertz CT molecular complexity index is 1310. The molecule has 1 aromatic carbocycles. The number of nitrogens with zero attached hydrogens (tertiary/aromatic N) is 5. The second-order valence-electron chi connectivity index (χ2n) is 9.95. The highest BCUT2D eigenvalue weighted by atomic mass is 35.5. The number of anilines is 3. The van der Waals surface area contributed by atoms with E-state index < -0.39 is 11.4 Å². The minimum absolute atomic E-state index is 0.0778. The van der Waals surface area contributed by atoms with Crippen LogP contribution in [0.25, 0.3) is 10.9 Å². The number of hydrogen-bond acceptors (Lipinski definition) is 8. The predicted molar refractivity (Wildman–Crippen MR) is 131 cm³/mol. The summed E-state index contributed by atoms with van der Waals surface area (Å²) in [5.74, 6) is -0.0163. The lowest BCUT2D eigenvalue weighted by Gasteiger charge is -2.42. The van der Waals surface area contributed by atoms with Crippen molar-refractivity contribution >= 4 is 45.9 Å². The van der Waals surface area contributed by atoms with Crippen molar-refractivity contribution in [1.82, 2.24) is 19.9 Å². The summed E-state index contributed by atoms with van der Waals surface area (Å²) in [6.07, 6.45) is 4.55. The first-order chi connectivity index (χ1) is 16.6. The zero-order valence-corrected chi connectivity index (χ0v) is 20.4. The van der Waals surface area contributed by atoms with Gasteiger partial charge < -0.3 is 20.1 Å². The van der Waals surface area contributed by atoms with Crippen LogP contribution in [0.3, 0.4) is 0 Å². The summed E-state index contributed by atoms with van der Waals surface area (Å²) in [6.45, 7) is 7.37. The third kappa shape index (κ3) is 4.50. The summed E-state index contributed by atoms with van der Waals surface area (Å²) < 4.78 is 20.2. The lowest BCUT2D eigenvalue weighted by Crippen LogP contribution is -2.58. The molecule has 1 spiro atoms. The van der Waals surface area contributed by atoms with Crippen molar-refractivity contribution in [3.8, 4) is 5.75 Å². The van der Waals surface area contributed by atoms with Gasteiger partial charge in [0.05, 0.1) is 22.9 Å². The van der Waals surface area contributed by atoms with Gasteiger partial charge >= 0.3 is 6.09 Å². The van der Waals surface area contributed by atoms with Crippen LogP contribution in [0.15, 0.2) is 30.7 Å². The lowest BCUT2D eigenvalue weighted by molar-refractivity contribution is 0.0106. The van der Waals surface area contributed by atoms with Crippen LogP contribution in [0, 0.1) is 5.82 Å². The normalized spacial score (nSPS) is 17.1. The monoisotopic (exact) mass is 500 g/mol. The number of ether oxygens (including phenoxy) is 1. The number of rotatable bonds is 3. The first-order valence-corrected chi connectivity index (χ1v) is 11.7. The molecule has 1 saturated heterocycles. The minimum atomic E-state index is -0.776. The molecule has 1 aliphatic heterocycles. The predicted octanol–water partition coefficient (Wildman–Crippen LogP) is 4.86. The van der Waals surface area contributed by atoms with Crippen LogP contribution in [0.2, 0.25) is 5.02 Å². The molecule has 11 heteroatoms. The van der Waals surface area contributed by atoms with Crippen molar-refractivity contribution < 1.29 is 19.0 Å². The molecule has 184 valence electrons. The van der Waals surface area contributed by atoms with Gasteiger partial charge in [0.1, 0.15) is 34.3 Å². The Balaban J connectivity index is 1.41. The topological polar surface area (TPSA) is 104 Å². The largest absolute Gasteiger partial charge is 0.506 e. The molecule has 2 aromatic heterocycles. The van der Waals surface area contributed by atoms with Crippen molar-refractivity contribution in [3.05, 3.63) is 41.6 Å². The molecule has 2 fully saturated rings. The number of nitrogens with one attached hydrogen (secondary N) is 1. The number of halogens is 2. The highest BCUT2D eigenvalue weighted by Gasteiger charge is 2.54. The molecule has 1 amide bonds. The van der Waals surface area contributed by atoms with E-state index in [1.165, 1.54) is 18.5 Å². The molecule has 0 radical (unpaired) electrons. The van der Waals surface area contributed by atoms with E-state index in [2.05, 4.69) is 25.2 Å². The van der Waals surface area contributed by atoms with E-state index in [-0.39, 0.29) is 28.1 Å². The number of piperazine rings is 1. The number of pyridine rings is 1. The SMILES string of the molecule is CC(C)(C)OC(=O)N1CCN(c2cc3c(Nc4ccc(O)c(Cl)c4F)ncnc3cn2)CC12CC2. The molecule has 35 heavy (non-hydrogen) atoms. The van der Waals surface area contributed by atoms with Gasteiger partial charge in [-0.05, 0) is 51.8 Å². The van der Waals surface area contributed by atoms with E-state index in [4.69, 9.17) is 16.3 Å². The van der Waals surface area contributed by atoms with E-state index in [0.29, 0.717) is 36.4 Å². The van der Waals surface area contributed by atoms with Gasteiger partial charge in [0.25, 0.3) is 0 Å². The standard InChI is InChI=1S/C24H26ClFN6O3/c1-23(2,3)35-22(34)32-9-8-31(12-24(32)6-7-24)18-10-14-16(11-27-18)28-13-29-21(14)30-15-4-5-17(33)19(25)20(15)26/h4-5,10-11,13,33H,6-9,12H2,1-3H3,(H,28,29,30). The summed E-state index contributed by atoms with van der Waals surface area (Å²) in [5, 5.41) is 12.9. The molecule has 0 unspecified atom stereocenters. The number of aromatic hydroxyl groups is 1. The molecule has 0 bridgehead atoms. The number of amides is 1. The van der Waals surface area contributed by atoms with Crippen molar-refractivity contribution in [1.29, 1.82) is 0 Å². The van der Waals surface area contributed by atoms with Crippen LogP contribution in [-0.2, 0) is 4.74 Å². The number of benzene rings is 1. The number of carbonyl (C=O) groups is 1. The third-order valence-corrected chi connectivity index (χ3v) is 6.60. The number of hydrogen-bond donors (Lipinski definition) is 2. The highest BCUT2D eigenvalue weighted by molar-refractivity contribution is 6.32. The summed E-state index contributed by atoms with van der Waals surface area (Å²) in [5.41, 5.74) is -0.134. The third-order valence-electron chi connectivity index (χ3n) is 6.24. The van der Waals surface area contributed by atoms with Gasteiger partial charge in [-0.2, -0.15) is 0 Å². The molecule has 2 aliphatic rings. The average molecular weight is 501 g/mol. The van der Waals surface area contributed by atoms with Gasteiger partial charge in [0.2, 0.25) is 0 Å². The van der Waals surface area contributed by atoms with E-state index in [9.17, 15) is 14.3 Å². The molecular formula is C24H26ClFN6O3. The lowest BCUT2D eigenvalue weighted by atomic mass is 10.1. The smallest absolute Gasteiger partial charge is 0.410 e. The van der Waals surface area contributed by atoms with Gasteiger partial charge in [0.15, 0.2) is 5.82 Å². The summed E-state index contributed by atoms with van der Waals surface area (Å²) in [7, 11) is 0. The Morgan fingerprint density at radius 3 is 2.71 bits per heavy atom. The number of fused-ring (bicyclic) bond motifs is 1. The van der Waals surface area contributed by atoms with Crippen LogP contribution in [-0.4, -0.2) is 61.8 Å². The molecule has 5 rings (SSSR count). The second kappa shape index (κ2) is 8.37. The van der Waals surface area contributed by atoms with Crippen LogP contribution >= 0.6 is 11.6 Å². The van der Waals surface area contributed by atoms with Crippen LogP contribution in [0.4, 0.5) is 26.5 Å². The quantitative estimate of drug-likeness (QED) is 0.491. The van der Waals surface area contributed by atoms with Crippen LogP contribution in [0.5, 0.6) is 5.75 Å². The van der Waals surface area contributed by atoms with E-state index in [0.717, 1.165) is 18.7 Å². The Morgan fingerprint density at radius 1 is 1.23 bits per heavy atom. The Kier molecular flexibility index (Phi) is 5.58. The summed E-state index contributed by atoms with van der Waals surface area (Å²) in [4.78, 5) is 29.9. The molecule has 0 atom stereocenters. The molecular weight excluding hydrogens is 475 g/mol. The molecule has 2 N–H and O–H groups in total. The summed E-state index contributed by atoms with van der Waals surface area (Å²) >= 11 is 5.84. The zero-order valence-electron chi connectivity index (χ0n) is 19.7. The van der Waals surface area contributed by atoms with Crippen LogP contribution in [0.1, 0.15) is 33.6 Å². The molecule has 3 aromatic rings. The number of phenolic OH excluding ortho intramolecular Hbond substituents is 1. The van der Waals surface area contributed by atoms with E-state index in [1.807, 2.05) is 31.7 Å². The molecule has 3 heterocycles. The van der Waals surface area contributed by atoms with Gasteiger partial charge in [-0.15, -0.1) is 0 Å². The molecule has 1 saturated carbocycles. The van der Waals surface area contributed by atoms with Gasteiger partial charge in [0, 0.05) is 25.0 Å². The molecule has 9 nitrogen and oxygen atoms in total. The van der Waals surface area contributed by atoms with Crippen molar-refractivity contribution in [2.45, 2.75) is 44.8 Å². The fraction of sp³-hybridized carbons (Fsp3) is 0.417. The minimum Gasteiger partial charge on any atom is -0.506 e. The van der Waals surface area contributed by atoms with Crippen molar-refractivity contribution in [2.75, 3.05) is 29.9 Å². The Hall–Kier alpha value is -3.40. The number of aromatic nitrogens is 3. The maximum absolute atomic E-state index is 14.6. The van der Waals surface area contributed by atoms with Gasteiger partial charge in [-0.25, -0.2) is 24.1 Å². The zero-order chi connectivity index (χ0) is 25.0. The van der Waals surface area contributed by atoms with E-state index in [1.54, 1.807) is 6.20 Å². The van der Waals surface area contributed by atoms with Crippen molar-refractivity contribution in [2.24, 2.45) is 0 Å². The summed E-state index contributed by atoms with van der Waals surface area (Å²) in [6, 6.07) is 4.56. The first-order valence-electron chi connectivity index (χ1n) is 11.4. The van der Waals surface area contributed by atoms with Crippen molar-refractivity contribution in [3.63, 3.8) is 0 Å². The number of carbonyl (C=O) groups excluding carboxylic acids is 1. The first kappa shape index (κ1) is 23.3. The maximum atomic E-state index is 14.6. The van der Waals surface area contributed by atoms with Gasteiger partial charge in [-0.3, -0.25) is 4.90 Å². The second-order valence-corrected chi connectivity index (χ2v) is 10.3. The maximum Gasteiger partial charge on any atom is 0.410 e. The Labute approximate surface area is 206 Å². The van der Waals surface area contributed by atoms with E-state index >= 15 is 0 Å². The fourth-order valence-electron chi connectivity index (χ4n) is 4.33. The molecule has 1 aliphatic carbocycles. The van der Waals surface area contributed by atoms with Gasteiger partial charge in [-0.1, -0.05) is 11.6 Å². The number of phenols is 1. The average Bonchev–Trinajstić information content (AvgIpc) is 3.57. The highest BCUT2D eigenvalue weighted by Crippen LogP contribution is 2.45. The Morgan fingerprint density at radius 2 is 2.00 bits per heavy atom. The fourth-order valence-corrected chi connectivity index (χ4v) is 4.50. The van der Waals surface area contributed by atoms with Crippen LogP contribution < -0.4 is 10.2 Å².